The van der Waals surface area contributed by atoms with Crippen LogP contribution in [-0.4, -0.2) is 16.1 Å². The van der Waals surface area contributed by atoms with E-state index in [4.69, 9.17) is 5.11 Å². The highest BCUT2D eigenvalue weighted by atomic mass is 79.9. The quantitative estimate of drug-likeness (QED) is 0.804. The first-order valence-corrected chi connectivity index (χ1v) is 4.48. The Labute approximate surface area is 82.5 Å². The summed E-state index contributed by atoms with van der Waals surface area (Å²) in [6.07, 6.45) is 1.73. The maximum absolute atomic E-state index is 10.8. The molecule has 2 N–H and O–H groups in total. The van der Waals surface area contributed by atoms with Crippen molar-refractivity contribution in [3.63, 3.8) is 0 Å². The van der Waals surface area contributed by atoms with Crippen molar-refractivity contribution in [1.29, 1.82) is 0 Å². The highest BCUT2D eigenvalue weighted by Gasteiger charge is 2.09. The van der Waals surface area contributed by atoms with Gasteiger partial charge in [0.25, 0.3) is 0 Å². The molecule has 1 aromatic carbocycles. The first kappa shape index (κ1) is 8.31. The van der Waals surface area contributed by atoms with E-state index >= 15 is 0 Å². The van der Waals surface area contributed by atoms with E-state index < -0.39 is 5.97 Å². The molecule has 4 heteroatoms. The number of aromatic nitrogens is 1. The summed E-state index contributed by atoms with van der Waals surface area (Å²) in [5.74, 6) is -0.911. The van der Waals surface area contributed by atoms with Crippen molar-refractivity contribution in [2.45, 2.75) is 0 Å². The summed E-state index contributed by atoms with van der Waals surface area (Å²) in [7, 11) is 0. The number of hydrogen-bond acceptors (Lipinski definition) is 1. The van der Waals surface area contributed by atoms with Crippen LogP contribution in [0.4, 0.5) is 0 Å². The Morgan fingerprint density at radius 3 is 2.92 bits per heavy atom. The predicted octanol–water partition coefficient (Wildman–Crippen LogP) is 2.63. The third kappa shape index (κ3) is 1.33. The summed E-state index contributed by atoms with van der Waals surface area (Å²) in [6.45, 7) is 0. The second-order valence-corrected chi connectivity index (χ2v) is 3.61. The van der Waals surface area contributed by atoms with Gasteiger partial charge in [-0.05, 0) is 18.2 Å². The molecule has 0 unspecified atom stereocenters. The molecule has 0 bridgehead atoms. The minimum absolute atomic E-state index is 0.311. The predicted molar refractivity (Wildman–Crippen MR) is 53.0 cm³/mol. The molecule has 0 aliphatic carbocycles. The number of carboxylic acids is 1. The molecular formula is C9H6BrNO2. The lowest BCUT2D eigenvalue weighted by molar-refractivity contribution is 0.0699. The SMILES string of the molecule is O=C(O)c1cc(Br)cc2[nH]ccc12. The van der Waals surface area contributed by atoms with Crippen LogP contribution in [0.2, 0.25) is 0 Å². The molecule has 1 aromatic heterocycles. The smallest absolute Gasteiger partial charge is 0.336 e. The minimum Gasteiger partial charge on any atom is -0.478 e. The number of hydrogen-bond donors (Lipinski definition) is 2. The second-order valence-electron chi connectivity index (χ2n) is 2.70. The average Bonchev–Trinajstić information content (AvgIpc) is 2.49. The molecule has 0 spiro atoms. The maximum atomic E-state index is 10.8. The molecule has 0 aliphatic heterocycles. The van der Waals surface area contributed by atoms with E-state index in [-0.39, 0.29) is 0 Å². The van der Waals surface area contributed by atoms with Gasteiger partial charge in [0.2, 0.25) is 0 Å². The number of nitrogens with one attached hydrogen (secondary N) is 1. The van der Waals surface area contributed by atoms with E-state index in [2.05, 4.69) is 20.9 Å². The van der Waals surface area contributed by atoms with Crippen LogP contribution in [0.5, 0.6) is 0 Å². The molecule has 0 saturated carbocycles. The van der Waals surface area contributed by atoms with E-state index in [9.17, 15) is 4.79 Å². The molecule has 13 heavy (non-hydrogen) atoms. The van der Waals surface area contributed by atoms with E-state index in [1.54, 1.807) is 18.3 Å². The van der Waals surface area contributed by atoms with Crippen molar-refractivity contribution in [2.75, 3.05) is 0 Å². The largest absolute Gasteiger partial charge is 0.478 e. The van der Waals surface area contributed by atoms with E-state index in [1.807, 2.05) is 6.07 Å². The van der Waals surface area contributed by atoms with Crippen molar-refractivity contribution in [3.05, 3.63) is 34.4 Å². The van der Waals surface area contributed by atoms with Gasteiger partial charge in [0.15, 0.2) is 0 Å². The molecule has 2 rings (SSSR count). The number of benzene rings is 1. The zero-order valence-electron chi connectivity index (χ0n) is 6.54. The lowest BCUT2D eigenvalue weighted by Gasteiger charge is -1.98. The van der Waals surface area contributed by atoms with Crippen LogP contribution in [-0.2, 0) is 0 Å². The molecule has 2 aromatic rings. The van der Waals surface area contributed by atoms with Gasteiger partial charge in [0.1, 0.15) is 0 Å². The normalized spacial score (nSPS) is 10.5. The average molecular weight is 240 g/mol. The Morgan fingerprint density at radius 2 is 2.23 bits per heavy atom. The van der Waals surface area contributed by atoms with Crippen molar-refractivity contribution in [2.24, 2.45) is 0 Å². The molecule has 0 fully saturated rings. The summed E-state index contributed by atoms with van der Waals surface area (Å²) in [5.41, 5.74) is 1.14. The fourth-order valence-corrected chi connectivity index (χ4v) is 1.77. The first-order chi connectivity index (χ1) is 6.18. The van der Waals surface area contributed by atoms with Gasteiger partial charge in [0.05, 0.1) is 5.56 Å². The highest BCUT2D eigenvalue weighted by Crippen LogP contribution is 2.23. The van der Waals surface area contributed by atoms with Crippen molar-refractivity contribution in [3.8, 4) is 0 Å². The number of aromatic amines is 1. The summed E-state index contributed by atoms with van der Waals surface area (Å²) in [6, 6.07) is 5.20. The van der Waals surface area contributed by atoms with Gasteiger partial charge in [-0.2, -0.15) is 0 Å². The van der Waals surface area contributed by atoms with Crippen LogP contribution in [0.15, 0.2) is 28.9 Å². The first-order valence-electron chi connectivity index (χ1n) is 3.68. The summed E-state index contributed by atoms with van der Waals surface area (Å²) in [4.78, 5) is 13.8. The van der Waals surface area contributed by atoms with Gasteiger partial charge < -0.3 is 10.1 Å². The molecule has 1 heterocycles. The van der Waals surface area contributed by atoms with E-state index in [0.29, 0.717) is 5.56 Å². The Balaban J connectivity index is 2.84. The Bertz CT molecular complexity index is 475. The number of H-pyrrole nitrogens is 1. The number of carboxylic acid groups (broad SMARTS) is 1. The maximum Gasteiger partial charge on any atom is 0.336 e. The molecule has 0 atom stereocenters. The molecule has 0 saturated heterocycles. The van der Waals surface area contributed by atoms with Crippen LogP contribution in [0.1, 0.15) is 10.4 Å². The lowest BCUT2D eigenvalue weighted by Crippen LogP contribution is -1.96. The number of fused-ring (bicyclic) bond motifs is 1. The van der Waals surface area contributed by atoms with Crippen LogP contribution in [0.3, 0.4) is 0 Å². The van der Waals surface area contributed by atoms with Crippen molar-refractivity contribution in [1.82, 2.24) is 4.98 Å². The lowest BCUT2D eigenvalue weighted by atomic mass is 10.1. The summed E-state index contributed by atoms with van der Waals surface area (Å²) >= 11 is 3.25. The summed E-state index contributed by atoms with van der Waals surface area (Å²) < 4.78 is 0.764. The molecule has 0 amide bonds. The topological polar surface area (TPSA) is 53.1 Å². The van der Waals surface area contributed by atoms with Gasteiger partial charge >= 0.3 is 5.97 Å². The van der Waals surface area contributed by atoms with Crippen molar-refractivity contribution < 1.29 is 9.90 Å². The summed E-state index contributed by atoms with van der Waals surface area (Å²) in [5, 5.41) is 9.62. The number of rotatable bonds is 1. The molecule has 0 aliphatic rings. The molecule has 66 valence electrons. The monoisotopic (exact) mass is 239 g/mol. The Hall–Kier alpha value is -1.29. The highest BCUT2D eigenvalue weighted by molar-refractivity contribution is 9.10. The van der Waals surface area contributed by atoms with Crippen LogP contribution in [0, 0.1) is 0 Å². The molecular weight excluding hydrogens is 234 g/mol. The van der Waals surface area contributed by atoms with Crippen LogP contribution >= 0.6 is 15.9 Å². The van der Waals surface area contributed by atoms with Crippen LogP contribution in [0.25, 0.3) is 10.9 Å². The fourth-order valence-electron chi connectivity index (χ4n) is 1.31. The number of halogens is 1. The van der Waals surface area contributed by atoms with Gasteiger partial charge in [-0.1, -0.05) is 15.9 Å². The number of carbonyl (C=O) groups is 1. The van der Waals surface area contributed by atoms with Gasteiger partial charge in [-0.15, -0.1) is 0 Å². The van der Waals surface area contributed by atoms with Gasteiger partial charge in [-0.3, -0.25) is 0 Å². The van der Waals surface area contributed by atoms with Gasteiger partial charge in [-0.25, -0.2) is 4.79 Å². The third-order valence-corrected chi connectivity index (χ3v) is 2.32. The third-order valence-electron chi connectivity index (χ3n) is 1.86. The fraction of sp³-hybridized carbons (Fsp3) is 0. The Kier molecular flexibility index (Phi) is 1.84. The molecule has 3 nitrogen and oxygen atoms in total. The van der Waals surface area contributed by atoms with Crippen molar-refractivity contribution >= 4 is 32.8 Å². The zero-order valence-corrected chi connectivity index (χ0v) is 8.13. The number of aromatic carboxylic acids is 1. The van der Waals surface area contributed by atoms with E-state index in [1.165, 1.54) is 0 Å². The minimum atomic E-state index is -0.911. The van der Waals surface area contributed by atoms with E-state index in [0.717, 1.165) is 15.4 Å². The molecule has 0 radical (unpaired) electrons. The van der Waals surface area contributed by atoms with Gasteiger partial charge in [0, 0.05) is 21.6 Å². The zero-order chi connectivity index (χ0) is 9.42. The Morgan fingerprint density at radius 1 is 1.46 bits per heavy atom. The second kappa shape index (κ2) is 2.88. The van der Waals surface area contributed by atoms with Crippen LogP contribution < -0.4 is 0 Å². The standard InChI is InChI=1S/C9H6BrNO2/c10-5-3-7(9(12)13)6-1-2-11-8(6)4-5/h1-4,11H,(H,12,13).